The Morgan fingerprint density at radius 3 is 2.77 bits per heavy atom. The highest BCUT2D eigenvalue weighted by atomic mass is 16.5. The highest BCUT2D eigenvalue weighted by Crippen LogP contribution is 2.41. The van der Waals surface area contributed by atoms with Gasteiger partial charge in [0.2, 0.25) is 11.7 Å². The molecule has 0 radical (unpaired) electrons. The highest BCUT2D eigenvalue weighted by Gasteiger charge is 2.45. The molecule has 26 heavy (non-hydrogen) atoms. The van der Waals surface area contributed by atoms with Gasteiger partial charge in [0, 0.05) is 44.1 Å². The first-order chi connectivity index (χ1) is 12.5. The molecule has 3 heterocycles. The topological polar surface area (TPSA) is 66.7 Å². The Bertz CT molecular complexity index is 807. The average molecular weight is 353 g/mol. The molecule has 1 aromatic carbocycles. The highest BCUT2D eigenvalue weighted by molar-refractivity contribution is 5.91. The predicted octanol–water partition coefficient (Wildman–Crippen LogP) is 2.64. The van der Waals surface area contributed by atoms with Crippen LogP contribution in [0.5, 0.6) is 0 Å². The molecule has 0 saturated carbocycles. The molecule has 2 saturated heterocycles. The molecule has 0 N–H and O–H groups in total. The summed E-state index contributed by atoms with van der Waals surface area (Å²) in [7, 11) is 0. The minimum Gasteiger partial charge on any atom is -0.351 e. The van der Waals surface area contributed by atoms with Gasteiger partial charge >= 0.3 is 0 Å². The van der Waals surface area contributed by atoms with E-state index in [0.29, 0.717) is 26.1 Å². The van der Waals surface area contributed by atoms with Crippen molar-refractivity contribution in [2.45, 2.75) is 32.7 Å². The van der Waals surface area contributed by atoms with Gasteiger partial charge in [-0.05, 0) is 25.3 Å². The lowest BCUT2D eigenvalue weighted by Crippen LogP contribution is -2.44. The van der Waals surface area contributed by atoms with Crippen LogP contribution in [0.25, 0.3) is 0 Å². The number of aromatic nitrogens is 1. The van der Waals surface area contributed by atoms with E-state index in [1.165, 1.54) is 17.3 Å². The molecule has 6 nitrogen and oxygen atoms in total. The summed E-state index contributed by atoms with van der Waals surface area (Å²) in [4.78, 5) is 28.7. The molecule has 1 aromatic heterocycles. The number of amides is 2. The Morgan fingerprint density at radius 2 is 2.08 bits per heavy atom. The Kier molecular flexibility index (Phi) is 4.26. The smallest absolute Gasteiger partial charge is 0.292 e. The molecular formula is C20H23N3O3. The van der Waals surface area contributed by atoms with Crippen LogP contribution in [-0.4, -0.2) is 46.4 Å². The van der Waals surface area contributed by atoms with Gasteiger partial charge in [-0.1, -0.05) is 35.0 Å². The summed E-state index contributed by atoms with van der Waals surface area (Å²) in [5, 5.41) is 3.60. The van der Waals surface area contributed by atoms with Crippen LogP contribution in [0.2, 0.25) is 0 Å². The van der Waals surface area contributed by atoms with E-state index in [-0.39, 0.29) is 23.0 Å². The molecule has 2 fully saturated rings. The molecule has 0 aliphatic carbocycles. The van der Waals surface area contributed by atoms with Crippen LogP contribution >= 0.6 is 0 Å². The van der Waals surface area contributed by atoms with E-state index in [9.17, 15) is 9.59 Å². The lowest BCUT2D eigenvalue weighted by molar-refractivity contribution is -0.128. The third kappa shape index (κ3) is 3.23. The second-order valence-electron chi connectivity index (χ2n) is 7.58. The van der Waals surface area contributed by atoms with Gasteiger partial charge < -0.3 is 14.3 Å². The lowest BCUT2D eigenvalue weighted by atomic mass is 9.77. The van der Waals surface area contributed by atoms with Crippen LogP contribution in [0.3, 0.4) is 0 Å². The summed E-state index contributed by atoms with van der Waals surface area (Å²) in [5.74, 6) is 0.393. The molecule has 4 rings (SSSR count). The quantitative estimate of drug-likeness (QED) is 0.851. The molecule has 2 aliphatic heterocycles. The first kappa shape index (κ1) is 16.8. The van der Waals surface area contributed by atoms with Gasteiger partial charge in [0.05, 0.1) is 6.20 Å². The summed E-state index contributed by atoms with van der Waals surface area (Å²) in [5.41, 5.74) is 2.38. The number of benzene rings is 1. The van der Waals surface area contributed by atoms with Gasteiger partial charge in [-0.2, -0.15) is 0 Å². The maximum absolute atomic E-state index is 12.6. The Labute approximate surface area is 152 Å². The molecule has 2 amide bonds. The number of piperidine rings is 1. The Morgan fingerprint density at radius 1 is 1.27 bits per heavy atom. The summed E-state index contributed by atoms with van der Waals surface area (Å²) < 4.78 is 4.97. The van der Waals surface area contributed by atoms with Crippen molar-refractivity contribution in [3.05, 3.63) is 53.4 Å². The second-order valence-corrected chi connectivity index (χ2v) is 7.58. The summed E-state index contributed by atoms with van der Waals surface area (Å²) in [6.07, 6.45) is 3.77. The van der Waals surface area contributed by atoms with Crippen molar-refractivity contribution in [3.63, 3.8) is 0 Å². The third-order valence-electron chi connectivity index (χ3n) is 5.62. The third-order valence-corrected chi connectivity index (χ3v) is 5.62. The molecule has 2 aliphatic rings. The van der Waals surface area contributed by atoms with Gasteiger partial charge in [-0.25, -0.2) is 0 Å². The van der Waals surface area contributed by atoms with Gasteiger partial charge in [-0.15, -0.1) is 0 Å². The first-order valence-electron chi connectivity index (χ1n) is 9.08. The number of carbonyl (C=O) groups is 2. The van der Waals surface area contributed by atoms with Gasteiger partial charge in [0.1, 0.15) is 0 Å². The van der Waals surface area contributed by atoms with E-state index in [4.69, 9.17) is 4.52 Å². The van der Waals surface area contributed by atoms with Crippen molar-refractivity contribution in [1.29, 1.82) is 0 Å². The number of aryl methyl sites for hydroxylation is 1. The molecular weight excluding hydrogens is 330 g/mol. The molecule has 136 valence electrons. The fraction of sp³-hybridized carbons (Fsp3) is 0.450. The van der Waals surface area contributed by atoms with E-state index < -0.39 is 0 Å². The van der Waals surface area contributed by atoms with E-state index in [2.05, 4.69) is 30.3 Å². The van der Waals surface area contributed by atoms with E-state index >= 15 is 0 Å². The molecule has 6 heteroatoms. The SMILES string of the molecule is Cc1cccc(CN2CC3(CCN(C(=O)c4ccno4)CC3)CC2=O)c1. The molecule has 2 aromatic rings. The van der Waals surface area contributed by atoms with Crippen molar-refractivity contribution >= 4 is 11.8 Å². The summed E-state index contributed by atoms with van der Waals surface area (Å²) in [6.45, 7) is 4.83. The molecule has 0 bridgehead atoms. The number of nitrogens with zero attached hydrogens (tertiary/aromatic N) is 3. The molecule has 0 atom stereocenters. The van der Waals surface area contributed by atoms with E-state index in [1.807, 2.05) is 11.0 Å². The zero-order chi connectivity index (χ0) is 18.1. The maximum atomic E-state index is 12.6. The fourth-order valence-corrected chi connectivity index (χ4v) is 4.16. The normalized spacial score (nSPS) is 19.3. The monoisotopic (exact) mass is 353 g/mol. The number of carbonyl (C=O) groups excluding carboxylic acids is 2. The minimum absolute atomic E-state index is 0.000890. The summed E-state index contributed by atoms with van der Waals surface area (Å²) >= 11 is 0. The maximum Gasteiger partial charge on any atom is 0.292 e. The van der Waals surface area contributed by atoms with Crippen LogP contribution < -0.4 is 0 Å². The molecule has 0 unspecified atom stereocenters. The number of hydrogen-bond donors (Lipinski definition) is 0. The van der Waals surface area contributed by atoms with Gasteiger partial charge in [0.25, 0.3) is 5.91 Å². The van der Waals surface area contributed by atoms with Crippen LogP contribution in [-0.2, 0) is 11.3 Å². The Balaban J connectivity index is 1.38. The number of rotatable bonds is 3. The van der Waals surface area contributed by atoms with Crippen molar-refractivity contribution < 1.29 is 14.1 Å². The van der Waals surface area contributed by atoms with Crippen LogP contribution in [0, 0.1) is 12.3 Å². The van der Waals surface area contributed by atoms with Crippen molar-refractivity contribution in [2.75, 3.05) is 19.6 Å². The summed E-state index contributed by atoms with van der Waals surface area (Å²) in [6, 6.07) is 9.91. The largest absolute Gasteiger partial charge is 0.351 e. The lowest BCUT2D eigenvalue weighted by Gasteiger charge is -2.38. The van der Waals surface area contributed by atoms with Crippen molar-refractivity contribution in [3.8, 4) is 0 Å². The molecule has 1 spiro atoms. The van der Waals surface area contributed by atoms with Crippen molar-refractivity contribution in [1.82, 2.24) is 15.0 Å². The number of hydrogen-bond acceptors (Lipinski definition) is 4. The average Bonchev–Trinajstić information content (AvgIpc) is 3.24. The van der Waals surface area contributed by atoms with Crippen LogP contribution in [0.1, 0.15) is 40.9 Å². The predicted molar refractivity (Wildman–Crippen MR) is 95.3 cm³/mol. The zero-order valence-electron chi connectivity index (χ0n) is 15.0. The van der Waals surface area contributed by atoms with Gasteiger partial charge in [-0.3, -0.25) is 9.59 Å². The fourth-order valence-electron chi connectivity index (χ4n) is 4.16. The van der Waals surface area contributed by atoms with Crippen LogP contribution in [0.4, 0.5) is 0 Å². The Hall–Kier alpha value is -2.63. The minimum atomic E-state index is -0.113. The van der Waals surface area contributed by atoms with E-state index in [0.717, 1.165) is 19.4 Å². The number of likely N-dealkylation sites (tertiary alicyclic amines) is 2. The first-order valence-corrected chi connectivity index (χ1v) is 9.08. The zero-order valence-corrected chi connectivity index (χ0v) is 15.0. The van der Waals surface area contributed by atoms with Crippen LogP contribution in [0.15, 0.2) is 41.1 Å². The van der Waals surface area contributed by atoms with Crippen molar-refractivity contribution in [2.24, 2.45) is 5.41 Å². The van der Waals surface area contributed by atoms with Gasteiger partial charge in [0.15, 0.2) is 0 Å². The van der Waals surface area contributed by atoms with E-state index in [1.54, 1.807) is 11.0 Å². The standard InChI is InChI=1S/C20H23N3O3/c1-15-3-2-4-16(11-15)13-23-14-20(12-18(23)24)6-9-22(10-7-20)19(25)17-5-8-21-26-17/h2-5,8,11H,6-7,9-10,12-14H2,1H3. The second kappa shape index (κ2) is 6.59.